The third kappa shape index (κ3) is 4.43. The summed E-state index contributed by atoms with van der Waals surface area (Å²) in [6.07, 6.45) is 3.32. The first-order valence-electron chi connectivity index (χ1n) is 10.8. The summed E-state index contributed by atoms with van der Waals surface area (Å²) >= 11 is 6.35. The molecular formula is C26H21ClN4O4. The van der Waals surface area contributed by atoms with E-state index < -0.39 is 0 Å². The Morgan fingerprint density at radius 3 is 2.51 bits per heavy atom. The van der Waals surface area contributed by atoms with E-state index in [1.54, 1.807) is 72.6 Å². The number of fused-ring (bicyclic) bond motifs is 1. The first kappa shape index (κ1) is 22.5. The number of aromatic nitrogens is 4. The summed E-state index contributed by atoms with van der Waals surface area (Å²) < 4.78 is 14.2. The number of para-hydroxylation sites is 1. The minimum Gasteiger partial charge on any atom is -0.497 e. The van der Waals surface area contributed by atoms with Gasteiger partial charge in [0.15, 0.2) is 0 Å². The molecule has 176 valence electrons. The predicted molar refractivity (Wildman–Crippen MR) is 134 cm³/mol. The molecule has 0 atom stereocenters. The zero-order chi connectivity index (χ0) is 24.4. The van der Waals surface area contributed by atoms with Crippen LogP contribution in [0.4, 0.5) is 0 Å². The van der Waals surface area contributed by atoms with Crippen LogP contribution in [0.2, 0.25) is 5.02 Å². The van der Waals surface area contributed by atoms with Crippen molar-refractivity contribution >= 4 is 22.5 Å². The molecule has 5 rings (SSSR count). The van der Waals surface area contributed by atoms with Crippen LogP contribution in [0.25, 0.3) is 16.6 Å². The van der Waals surface area contributed by atoms with Gasteiger partial charge in [-0.3, -0.25) is 19.7 Å². The zero-order valence-corrected chi connectivity index (χ0v) is 19.5. The summed E-state index contributed by atoms with van der Waals surface area (Å²) in [7, 11) is 1.57. The normalized spacial score (nSPS) is 11.0. The lowest BCUT2D eigenvalue weighted by Crippen LogP contribution is -2.26. The molecule has 35 heavy (non-hydrogen) atoms. The van der Waals surface area contributed by atoms with E-state index in [0.29, 0.717) is 38.8 Å². The molecule has 0 saturated carbocycles. The lowest BCUT2D eigenvalue weighted by molar-refractivity contribution is 0.293. The summed E-state index contributed by atoms with van der Waals surface area (Å²) in [5.74, 6) is 1.18. The van der Waals surface area contributed by atoms with Gasteiger partial charge in [0.2, 0.25) is 0 Å². The van der Waals surface area contributed by atoms with E-state index in [1.807, 2.05) is 12.1 Å². The molecule has 0 radical (unpaired) electrons. The van der Waals surface area contributed by atoms with Crippen molar-refractivity contribution in [3.05, 3.63) is 116 Å². The molecule has 0 aliphatic rings. The second-order valence-corrected chi connectivity index (χ2v) is 8.24. The van der Waals surface area contributed by atoms with Crippen molar-refractivity contribution in [3.63, 3.8) is 0 Å². The Kier molecular flexibility index (Phi) is 6.12. The Hall–Kier alpha value is -4.30. The molecule has 0 bridgehead atoms. The number of aromatic amines is 1. The van der Waals surface area contributed by atoms with E-state index in [0.717, 1.165) is 5.56 Å². The highest BCUT2D eigenvalue weighted by Gasteiger charge is 2.19. The fraction of sp³-hybridized carbons (Fsp3) is 0.115. The van der Waals surface area contributed by atoms with Crippen molar-refractivity contribution in [1.29, 1.82) is 0 Å². The maximum absolute atomic E-state index is 13.6. The standard InChI is InChI=1S/C26H21ClN4O4/c1-34-18-5-4-6-19(13-18)35-16-23-25-21(14-24(32)30(23)15-17-9-11-28-12-10-17)29-31(26(25)33)22-8-3-2-7-20(22)27/h2-14,29H,15-16H2,1H3. The van der Waals surface area contributed by atoms with Gasteiger partial charge in [-0.1, -0.05) is 29.8 Å². The van der Waals surface area contributed by atoms with Crippen molar-refractivity contribution < 1.29 is 9.47 Å². The summed E-state index contributed by atoms with van der Waals surface area (Å²) in [6, 6.07) is 19.2. The number of hydrogen-bond acceptors (Lipinski definition) is 5. The third-order valence-corrected chi connectivity index (χ3v) is 5.99. The highest BCUT2D eigenvalue weighted by atomic mass is 35.5. The Morgan fingerprint density at radius 1 is 0.971 bits per heavy atom. The number of pyridine rings is 2. The second kappa shape index (κ2) is 9.52. The van der Waals surface area contributed by atoms with Crippen molar-refractivity contribution in [3.8, 4) is 17.2 Å². The molecule has 8 nitrogen and oxygen atoms in total. The van der Waals surface area contributed by atoms with Crippen LogP contribution in [-0.2, 0) is 13.2 Å². The highest BCUT2D eigenvalue weighted by Crippen LogP contribution is 2.23. The van der Waals surface area contributed by atoms with Crippen LogP contribution >= 0.6 is 11.6 Å². The number of hydrogen-bond donors (Lipinski definition) is 1. The van der Waals surface area contributed by atoms with Crippen LogP contribution in [0, 0.1) is 0 Å². The van der Waals surface area contributed by atoms with Crippen molar-refractivity contribution in [2.24, 2.45) is 0 Å². The lowest BCUT2D eigenvalue weighted by atomic mass is 10.2. The number of methoxy groups -OCH3 is 1. The first-order chi connectivity index (χ1) is 17.0. The van der Waals surface area contributed by atoms with E-state index in [4.69, 9.17) is 21.1 Å². The number of nitrogens with zero attached hydrogens (tertiary/aromatic N) is 3. The summed E-state index contributed by atoms with van der Waals surface area (Å²) in [5.41, 5.74) is 1.59. The van der Waals surface area contributed by atoms with Gasteiger partial charge in [-0.15, -0.1) is 0 Å². The SMILES string of the molecule is COc1cccc(OCc2c3c(=O)n(-c4ccccc4Cl)[nH]c3cc(=O)n2Cc2ccncc2)c1. The fourth-order valence-electron chi connectivity index (χ4n) is 3.95. The molecule has 0 saturated heterocycles. The molecule has 0 fully saturated rings. The van der Waals surface area contributed by atoms with Crippen molar-refractivity contribution in [2.45, 2.75) is 13.2 Å². The van der Waals surface area contributed by atoms with Crippen LogP contribution in [0.5, 0.6) is 11.5 Å². The fourth-order valence-corrected chi connectivity index (χ4v) is 4.17. The molecule has 0 aliphatic heterocycles. The number of H-pyrrole nitrogens is 1. The monoisotopic (exact) mass is 488 g/mol. The Balaban J connectivity index is 1.67. The maximum atomic E-state index is 13.6. The van der Waals surface area contributed by atoms with E-state index >= 15 is 0 Å². The number of ether oxygens (including phenoxy) is 2. The summed E-state index contributed by atoms with van der Waals surface area (Å²) in [5, 5.41) is 3.78. The Labute approximate surface area is 204 Å². The quantitative estimate of drug-likeness (QED) is 0.371. The van der Waals surface area contributed by atoms with Crippen molar-refractivity contribution in [1.82, 2.24) is 19.3 Å². The molecule has 1 N–H and O–H groups in total. The molecular weight excluding hydrogens is 468 g/mol. The molecule has 3 aromatic heterocycles. The van der Waals surface area contributed by atoms with Gasteiger partial charge in [-0.2, -0.15) is 0 Å². The molecule has 0 unspecified atom stereocenters. The van der Waals surface area contributed by atoms with Crippen molar-refractivity contribution in [2.75, 3.05) is 7.11 Å². The van der Waals surface area contributed by atoms with E-state index in [9.17, 15) is 9.59 Å². The van der Waals surface area contributed by atoms with Gasteiger partial charge in [0.25, 0.3) is 11.1 Å². The van der Waals surface area contributed by atoms with E-state index in [1.165, 1.54) is 10.7 Å². The van der Waals surface area contributed by atoms with Crippen LogP contribution in [-0.4, -0.2) is 26.4 Å². The molecule has 0 amide bonds. The molecule has 3 heterocycles. The second-order valence-electron chi connectivity index (χ2n) is 7.83. The maximum Gasteiger partial charge on any atom is 0.281 e. The molecule has 5 aromatic rings. The van der Waals surface area contributed by atoms with Crippen LogP contribution in [0.3, 0.4) is 0 Å². The number of benzene rings is 2. The smallest absolute Gasteiger partial charge is 0.281 e. The van der Waals surface area contributed by atoms with Crippen LogP contribution in [0.15, 0.2) is 88.7 Å². The summed E-state index contributed by atoms with van der Waals surface area (Å²) in [6.45, 7) is 0.241. The molecule has 0 spiro atoms. The first-order valence-corrected chi connectivity index (χ1v) is 11.2. The Morgan fingerprint density at radius 2 is 1.74 bits per heavy atom. The number of halogens is 1. The van der Waals surface area contributed by atoms with Gasteiger partial charge in [-0.05, 0) is 42.0 Å². The van der Waals surface area contributed by atoms with Crippen LogP contribution in [0.1, 0.15) is 11.3 Å². The van der Waals surface area contributed by atoms with Gasteiger partial charge >= 0.3 is 0 Å². The van der Waals surface area contributed by atoms with E-state index in [-0.39, 0.29) is 24.3 Å². The molecule has 9 heteroatoms. The van der Waals surface area contributed by atoms with Gasteiger partial charge in [0, 0.05) is 24.5 Å². The third-order valence-electron chi connectivity index (χ3n) is 5.67. The molecule has 2 aromatic carbocycles. The number of rotatable bonds is 7. The van der Waals surface area contributed by atoms with E-state index in [2.05, 4.69) is 10.1 Å². The molecule has 0 aliphatic carbocycles. The summed E-state index contributed by atoms with van der Waals surface area (Å²) in [4.78, 5) is 30.8. The van der Waals surface area contributed by atoms with Gasteiger partial charge in [0.05, 0.1) is 41.0 Å². The van der Waals surface area contributed by atoms with Gasteiger partial charge < -0.3 is 14.0 Å². The average molecular weight is 489 g/mol. The van der Waals surface area contributed by atoms with Crippen LogP contribution < -0.4 is 20.6 Å². The van der Waals surface area contributed by atoms with Gasteiger partial charge in [-0.25, -0.2) is 4.68 Å². The predicted octanol–water partition coefficient (Wildman–Crippen LogP) is 4.16. The topological polar surface area (TPSA) is 91.1 Å². The zero-order valence-electron chi connectivity index (χ0n) is 18.8. The lowest BCUT2D eigenvalue weighted by Gasteiger charge is -2.15. The average Bonchev–Trinajstić information content (AvgIpc) is 3.20. The number of nitrogens with one attached hydrogen (secondary N) is 1. The minimum absolute atomic E-state index is 0.0134. The highest BCUT2D eigenvalue weighted by molar-refractivity contribution is 6.32. The van der Waals surface area contributed by atoms with Gasteiger partial charge in [0.1, 0.15) is 18.1 Å². The minimum atomic E-state index is -0.333. The Bertz CT molecular complexity index is 1620. The largest absolute Gasteiger partial charge is 0.497 e.